The fourth-order valence-electron chi connectivity index (χ4n) is 2.81. The maximum Gasteiger partial charge on any atom is 0.337 e. The van der Waals surface area contributed by atoms with Crippen LogP contribution in [-0.2, 0) is 19.6 Å². The third kappa shape index (κ3) is 6.27. The van der Waals surface area contributed by atoms with E-state index in [1.54, 1.807) is 66.7 Å². The number of rotatable bonds is 8. The molecular formula is C23H20BrN3O5S. The van der Waals surface area contributed by atoms with Crippen LogP contribution in [0.25, 0.3) is 0 Å². The van der Waals surface area contributed by atoms with Gasteiger partial charge in [-0.3, -0.25) is 9.10 Å². The molecule has 0 atom stereocenters. The predicted molar refractivity (Wildman–Crippen MR) is 129 cm³/mol. The molecule has 8 nitrogen and oxygen atoms in total. The molecule has 0 bridgehead atoms. The number of nitrogens with zero attached hydrogens (tertiary/aromatic N) is 2. The van der Waals surface area contributed by atoms with Crippen LogP contribution in [0.2, 0.25) is 0 Å². The van der Waals surface area contributed by atoms with Gasteiger partial charge in [0, 0.05) is 4.47 Å². The quantitative estimate of drug-likeness (QED) is 0.272. The second kappa shape index (κ2) is 10.9. The molecule has 0 radical (unpaired) electrons. The molecule has 0 fully saturated rings. The number of hydrazone groups is 1. The molecule has 1 N–H and O–H groups in total. The molecule has 0 aliphatic heterocycles. The number of ether oxygens (including phenoxy) is 1. The first-order valence-electron chi connectivity index (χ1n) is 9.65. The second-order valence-electron chi connectivity index (χ2n) is 6.71. The SMILES string of the molecule is COC(=O)c1ccc(/C=N\NC(=O)CN(c2ccc(Br)cc2)S(=O)(=O)c2ccccc2)cc1. The van der Waals surface area contributed by atoms with Gasteiger partial charge in [-0.15, -0.1) is 0 Å². The molecule has 3 rings (SSSR count). The maximum absolute atomic E-state index is 13.2. The summed E-state index contributed by atoms with van der Waals surface area (Å²) in [6, 6.07) is 20.9. The number of hydrogen-bond acceptors (Lipinski definition) is 6. The van der Waals surface area contributed by atoms with E-state index in [9.17, 15) is 18.0 Å². The number of methoxy groups -OCH3 is 1. The van der Waals surface area contributed by atoms with Gasteiger partial charge in [0.1, 0.15) is 6.54 Å². The Morgan fingerprint density at radius 2 is 1.64 bits per heavy atom. The predicted octanol–water partition coefficient (Wildman–Crippen LogP) is 3.58. The van der Waals surface area contributed by atoms with Gasteiger partial charge in [-0.1, -0.05) is 46.3 Å². The Morgan fingerprint density at radius 3 is 2.24 bits per heavy atom. The summed E-state index contributed by atoms with van der Waals surface area (Å²) in [6.07, 6.45) is 1.38. The van der Waals surface area contributed by atoms with Gasteiger partial charge < -0.3 is 4.74 Å². The van der Waals surface area contributed by atoms with Crippen molar-refractivity contribution < 1.29 is 22.7 Å². The van der Waals surface area contributed by atoms with Crippen LogP contribution in [0.3, 0.4) is 0 Å². The molecule has 0 aromatic heterocycles. The number of anilines is 1. The Bertz CT molecular complexity index is 1250. The molecule has 3 aromatic carbocycles. The molecular weight excluding hydrogens is 510 g/mol. The van der Waals surface area contributed by atoms with E-state index >= 15 is 0 Å². The van der Waals surface area contributed by atoms with Crippen molar-refractivity contribution in [2.24, 2.45) is 5.10 Å². The molecule has 1 amide bonds. The summed E-state index contributed by atoms with van der Waals surface area (Å²) in [4.78, 5) is 24.1. The summed E-state index contributed by atoms with van der Waals surface area (Å²) >= 11 is 3.32. The fourth-order valence-corrected chi connectivity index (χ4v) is 4.52. The molecule has 0 saturated heterocycles. The van der Waals surface area contributed by atoms with E-state index in [4.69, 9.17) is 0 Å². The number of halogens is 1. The fraction of sp³-hybridized carbons (Fsp3) is 0.0870. The molecule has 10 heteroatoms. The molecule has 0 unspecified atom stereocenters. The largest absolute Gasteiger partial charge is 0.465 e. The minimum Gasteiger partial charge on any atom is -0.465 e. The number of benzene rings is 3. The standard InChI is InChI=1S/C23H20BrN3O5S/c1-32-23(29)18-9-7-17(8-10-18)15-25-26-22(28)16-27(20-13-11-19(24)12-14-20)33(30,31)21-5-3-2-4-6-21/h2-15H,16H2,1H3,(H,26,28)/b25-15-. The zero-order chi connectivity index (χ0) is 23.8. The van der Waals surface area contributed by atoms with Crippen molar-refractivity contribution in [1.29, 1.82) is 0 Å². The van der Waals surface area contributed by atoms with Crippen molar-refractivity contribution in [3.8, 4) is 0 Å². The zero-order valence-electron chi connectivity index (χ0n) is 17.5. The zero-order valence-corrected chi connectivity index (χ0v) is 19.9. The third-order valence-corrected chi connectivity index (χ3v) is 6.78. The van der Waals surface area contributed by atoms with Crippen LogP contribution in [0, 0.1) is 0 Å². The molecule has 33 heavy (non-hydrogen) atoms. The topological polar surface area (TPSA) is 105 Å². The van der Waals surface area contributed by atoms with E-state index in [-0.39, 0.29) is 4.90 Å². The Kier molecular flexibility index (Phi) is 7.96. The van der Waals surface area contributed by atoms with E-state index in [1.807, 2.05) is 0 Å². The van der Waals surface area contributed by atoms with Gasteiger partial charge in [0.05, 0.1) is 29.5 Å². The summed E-state index contributed by atoms with van der Waals surface area (Å²) in [7, 11) is -2.70. The second-order valence-corrected chi connectivity index (χ2v) is 9.49. The average Bonchev–Trinajstić information content (AvgIpc) is 2.83. The van der Waals surface area contributed by atoms with E-state index in [0.717, 1.165) is 8.78 Å². The van der Waals surface area contributed by atoms with E-state index in [1.165, 1.54) is 25.5 Å². The monoisotopic (exact) mass is 529 g/mol. The highest BCUT2D eigenvalue weighted by Crippen LogP contribution is 2.25. The Morgan fingerprint density at radius 1 is 1.00 bits per heavy atom. The Balaban J connectivity index is 1.76. The molecule has 3 aromatic rings. The molecule has 0 saturated carbocycles. The smallest absolute Gasteiger partial charge is 0.337 e. The molecule has 170 valence electrons. The maximum atomic E-state index is 13.2. The van der Waals surface area contributed by atoms with Gasteiger partial charge in [-0.2, -0.15) is 5.10 Å². The average molecular weight is 530 g/mol. The molecule has 0 spiro atoms. The van der Waals surface area contributed by atoms with Crippen molar-refractivity contribution in [2.45, 2.75) is 4.90 Å². The highest BCUT2D eigenvalue weighted by atomic mass is 79.9. The van der Waals surface area contributed by atoms with Gasteiger partial charge in [-0.05, 0) is 54.1 Å². The van der Waals surface area contributed by atoms with Crippen molar-refractivity contribution >= 4 is 49.7 Å². The van der Waals surface area contributed by atoms with Crippen molar-refractivity contribution in [3.05, 3.63) is 94.5 Å². The van der Waals surface area contributed by atoms with Crippen molar-refractivity contribution in [3.63, 3.8) is 0 Å². The lowest BCUT2D eigenvalue weighted by Crippen LogP contribution is -2.39. The highest BCUT2D eigenvalue weighted by molar-refractivity contribution is 9.10. The number of nitrogens with one attached hydrogen (secondary N) is 1. The first kappa shape index (κ1) is 24.1. The summed E-state index contributed by atoms with van der Waals surface area (Å²) < 4.78 is 32.9. The van der Waals surface area contributed by atoms with Crippen LogP contribution >= 0.6 is 15.9 Å². The number of sulfonamides is 1. The van der Waals surface area contributed by atoms with Crippen LogP contribution in [0.4, 0.5) is 5.69 Å². The van der Waals surface area contributed by atoms with Crippen molar-refractivity contribution in [2.75, 3.05) is 18.0 Å². The minimum atomic E-state index is -3.99. The molecule has 0 aliphatic carbocycles. The van der Waals surface area contributed by atoms with Crippen molar-refractivity contribution in [1.82, 2.24) is 5.43 Å². The molecule has 0 aliphatic rings. The summed E-state index contributed by atoms with van der Waals surface area (Å²) in [6.45, 7) is -0.475. The van der Waals surface area contributed by atoms with E-state index < -0.39 is 28.4 Å². The third-order valence-electron chi connectivity index (χ3n) is 4.47. The highest BCUT2D eigenvalue weighted by Gasteiger charge is 2.27. The van der Waals surface area contributed by atoms with Gasteiger partial charge in [0.2, 0.25) is 0 Å². The van der Waals surface area contributed by atoms with Crippen LogP contribution in [0.5, 0.6) is 0 Å². The first-order chi connectivity index (χ1) is 15.8. The number of carbonyl (C=O) groups excluding carboxylic acids is 2. The van der Waals surface area contributed by atoms with Gasteiger partial charge in [-0.25, -0.2) is 18.6 Å². The summed E-state index contributed by atoms with van der Waals surface area (Å²) in [5, 5.41) is 3.88. The summed E-state index contributed by atoms with van der Waals surface area (Å²) in [5.74, 6) is -1.08. The van der Waals surface area contributed by atoms with Gasteiger partial charge >= 0.3 is 5.97 Å². The van der Waals surface area contributed by atoms with Crippen LogP contribution in [0.1, 0.15) is 15.9 Å². The number of amides is 1. The van der Waals surface area contributed by atoms with E-state index in [0.29, 0.717) is 16.8 Å². The van der Waals surface area contributed by atoms with Gasteiger partial charge in [0.15, 0.2) is 0 Å². The van der Waals surface area contributed by atoms with E-state index in [2.05, 4.69) is 31.2 Å². The van der Waals surface area contributed by atoms with Crippen LogP contribution in [0.15, 0.2) is 93.3 Å². The van der Waals surface area contributed by atoms with Crippen LogP contribution < -0.4 is 9.73 Å². The Hall–Kier alpha value is -3.50. The van der Waals surface area contributed by atoms with Gasteiger partial charge in [0.25, 0.3) is 15.9 Å². The lowest BCUT2D eigenvalue weighted by molar-refractivity contribution is -0.119. The number of hydrogen-bond donors (Lipinski definition) is 1. The lowest BCUT2D eigenvalue weighted by Gasteiger charge is -2.23. The number of carbonyl (C=O) groups is 2. The summed E-state index contributed by atoms with van der Waals surface area (Å²) in [5.41, 5.74) is 3.68. The normalized spacial score (nSPS) is 11.2. The van der Waals surface area contributed by atoms with Crippen LogP contribution in [-0.4, -0.2) is 40.2 Å². The first-order valence-corrected chi connectivity index (χ1v) is 11.9. The lowest BCUT2D eigenvalue weighted by atomic mass is 10.1. The molecule has 0 heterocycles. The number of esters is 1. The Labute approximate surface area is 200 Å². The minimum absolute atomic E-state index is 0.0647.